The minimum Gasteiger partial charge on any atom is -0.494 e. The zero-order valence-corrected chi connectivity index (χ0v) is 12.7. The van der Waals surface area contributed by atoms with Crippen molar-refractivity contribution >= 4 is 23.5 Å². The van der Waals surface area contributed by atoms with Crippen molar-refractivity contribution < 1.29 is 14.3 Å². The van der Waals surface area contributed by atoms with Gasteiger partial charge in [0.15, 0.2) is 0 Å². The first kappa shape index (κ1) is 15.0. The second kappa shape index (κ2) is 6.47. The Bertz CT molecular complexity index is 710. The normalized spacial score (nSPS) is 16.4. The van der Waals surface area contributed by atoms with E-state index in [2.05, 4.69) is 20.7 Å². The molecule has 2 N–H and O–H groups in total. The van der Waals surface area contributed by atoms with Gasteiger partial charge in [0.1, 0.15) is 12.1 Å². The van der Waals surface area contributed by atoms with Crippen molar-refractivity contribution in [1.29, 1.82) is 0 Å². The van der Waals surface area contributed by atoms with Gasteiger partial charge in [0.25, 0.3) is 0 Å². The summed E-state index contributed by atoms with van der Waals surface area (Å²) >= 11 is 0. The number of hydrogen-bond acceptors (Lipinski definition) is 5. The number of ether oxygens (including phenoxy) is 1. The van der Waals surface area contributed by atoms with Gasteiger partial charge in [-0.1, -0.05) is 0 Å². The van der Waals surface area contributed by atoms with Crippen LogP contribution in [0.1, 0.15) is 13.3 Å². The Kier molecular flexibility index (Phi) is 4.22. The monoisotopic (exact) mass is 315 g/mol. The zero-order chi connectivity index (χ0) is 16.2. The van der Waals surface area contributed by atoms with E-state index in [9.17, 15) is 9.59 Å². The number of benzene rings is 1. The maximum Gasteiger partial charge on any atom is 0.232 e. The van der Waals surface area contributed by atoms with Gasteiger partial charge in [-0.25, -0.2) is 4.68 Å². The highest BCUT2D eigenvalue weighted by Crippen LogP contribution is 2.20. The molecule has 0 saturated carbocycles. The Labute approximate surface area is 132 Å². The van der Waals surface area contributed by atoms with Gasteiger partial charge >= 0.3 is 0 Å². The van der Waals surface area contributed by atoms with Gasteiger partial charge in [-0.3, -0.25) is 14.9 Å². The molecule has 3 rings (SSSR count). The maximum atomic E-state index is 12.1. The van der Waals surface area contributed by atoms with E-state index in [1.807, 2.05) is 6.92 Å². The molecule has 1 aromatic heterocycles. The van der Waals surface area contributed by atoms with Gasteiger partial charge in [0.05, 0.1) is 19.1 Å². The number of nitrogens with zero attached hydrogens (tertiary/aromatic N) is 3. The standard InChI is InChI=1S/C15H17N5O3/c1-2-23-12-5-3-11(4-6-12)18-13(21)7-10-8-20-15(16-9-17-20)19-14(10)22/h3-6,9-10H,2,7-8H2,1H3,(H,18,21)(H,16,17,19,22)/t10-/m0/s1. The topological polar surface area (TPSA) is 98.1 Å². The molecule has 2 heterocycles. The molecule has 1 atom stereocenters. The summed E-state index contributed by atoms with van der Waals surface area (Å²) in [4.78, 5) is 28.0. The second-order valence-electron chi connectivity index (χ2n) is 5.16. The molecule has 0 unspecified atom stereocenters. The summed E-state index contributed by atoms with van der Waals surface area (Å²) in [5.41, 5.74) is 0.663. The fourth-order valence-corrected chi connectivity index (χ4v) is 2.39. The first-order valence-electron chi connectivity index (χ1n) is 7.37. The van der Waals surface area contributed by atoms with Crippen LogP contribution in [0.3, 0.4) is 0 Å². The summed E-state index contributed by atoms with van der Waals surface area (Å²) in [7, 11) is 0. The molecule has 0 saturated heterocycles. The van der Waals surface area contributed by atoms with Crippen LogP contribution in [0, 0.1) is 5.92 Å². The van der Waals surface area contributed by atoms with E-state index in [1.54, 1.807) is 28.9 Å². The first-order chi connectivity index (χ1) is 11.2. The van der Waals surface area contributed by atoms with Gasteiger partial charge in [-0.15, -0.1) is 0 Å². The molecule has 0 fully saturated rings. The van der Waals surface area contributed by atoms with E-state index in [1.165, 1.54) is 6.33 Å². The molecule has 2 amide bonds. The van der Waals surface area contributed by atoms with Crippen LogP contribution in [0.25, 0.3) is 0 Å². The van der Waals surface area contributed by atoms with Crippen LogP contribution < -0.4 is 15.4 Å². The van der Waals surface area contributed by atoms with Crippen LogP contribution in [-0.4, -0.2) is 33.2 Å². The van der Waals surface area contributed by atoms with Crippen LogP contribution in [0.5, 0.6) is 5.75 Å². The van der Waals surface area contributed by atoms with Crippen molar-refractivity contribution in [2.24, 2.45) is 5.92 Å². The van der Waals surface area contributed by atoms with Crippen LogP contribution in [0.2, 0.25) is 0 Å². The molecule has 0 radical (unpaired) electrons. The van der Waals surface area contributed by atoms with Gasteiger partial charge in [0.2, 0.25) is 17.8 Å². The molecule has 8 heteroatoms. The van der Waals surface area contributed by atoms with E-state index >= 15 is 0 Å². The Hall–Kier alpha value is -2.90. The molecule has 1 aromatic carbocycles. The van der Waals surface area contributed by atoms with Crippen LogP contribution in [-0.2, 0) is 16.1 Å². The first-order valence-corrected chi connectivity index (χ1v) is 7.37. The molecule has 2 aromatic rings. The SMILES string of the molecule is CCOc1ccc(NC(=O)C[C@H]2Cn3ncnc3NC2=O)cc1. The Balaban J connectivity index is 1.58. The summed E-state index contributed by atoms with van der Waals surface area (Å²) in [5, 5.41) is 9.42. The fraction of sp³-hybridized carbons (Fsp3) is 0.333. The molecular formula is C15H17N5O3. The number of carbonyl (C=O) groups excluding carboxylic acids is 2. The lowest BCUT2D eigenvalue weighted by atomic mass is 10.0. The predicted molar refractivity (Wildman–Crippen MR) is 83.0 cm³/mol. The highest BCUT2D eigenvalue weighted by atomic mass is 16.5. The molecule has 0 bridgehead atoms. The third kappa shape index (κ3) is 3.47. The molecule has 8 nitrogen and oxygen atoms in total. The lowest BCUT2D eigenvalue weighted by Crippen LogP contribution is -2.36. The van der Waals surface area contributed by atoms with Gasteiger partial charge in [0, 0.05) is 12.1 Å². The summed E-state index contributed by atoms with van der Waals surface area (Å²) in [5.74, 6) is 0.256. The molecule has 120 valence electrons. The fourth-order valence-electron chi connectivity index (χ4n) is 2.39. The second-order valence-corrected chi connectivity index (χ2v) is 5.16. The van der Waals surface area contributed by atoms with Gasteiger partial charge in [-0.2, -0.15) is 10.1 Å². The van der Waals surface area contributed by atoms with Gasteiger partial charge in [-0.05, 0) is 31.2 Å². The Morgan fingerprint density at radius 2 is 2.22 bits per heavy atom. The van der Waals surface area contributed by atoms with E-state index in [0.717, 1.165) is 5.75 Å². The van der Waals surface area contributed by atoms with Crippen molar-refractivity contribution in [2.75, 3.05) is 17.2 Å². The summed E-state index contributed by atoms with van der Waals surface area (Å²) < 4.78 is 6.93. The summed E-state index contributed by atoms with van der Waals surface area (Å²) in [6.45, 7) is 2.84. The molecule has 0 spiro atoms. The third-order valence-corrected chi connectivity index (χ3v) is 3.50. The minimum atomic E-state index is -0.466. The van der Waals surface area contributed by atoms with Crippen molar-refractivity contribution in [3.05, 3.63) is 30.6 Å². The smallest absolute Gasteiger partial charge is 0.232 e. The average molecular weight is 315 g/mol. The predicted octanol–water partition coefficient (Wildman–Crippen LogP) is 1.27. The minimum absolute atomic E-state index is 0.0817. The molecule has 1 aliphatic heterocycles. The number of fused-ring (bicyclic) bond motifs is 1. The molecule has 0 aliphatic carbocycles. The maximum absolute atomic E-state index is 12.1. The van der Waals surface area contributed by atoms with Crippen molar-refractivity contribution in [3.8, 4) is 5.75 Å². The number of nitrogens with one attached hydrogen (secondary N) is 2. The average Bonchev–Trinajstić information content (AvgIpc) is 2.97. The lowest BCUT2D eigenvalue weighted by molar-refractivity contribution is -0.125. The Morgan fingerprint density at radius 3 is 2.96 bits per heavy atom. The lowest BCUT2D eigenvalue weighted by Gasteiger charge is -2.21. The highest BCUT2D eigenvalue weighted by molar-refractivity contribution is 5.98. The molecule has 23 heavy (non-hydrogen) atoms. The van der Waals surface area contributed by atoms with Gasteiger partial charge < -0.3 is 10.1 Å². The molecular weight excluding hydrogens is 298 g/mol. The van der Waals surface area contributed by atoms with E-state index in [-0.39, 0.29) is 18.2 Å². The summed E-state index contributed by atoms with van der Waals surface area (Å²) in [6.07, 6.45) is 1.45. The number of carbonyl (C=O) groups is 2. The number of hydrogen-bond donors (Lipinski definition) is 2. The van der Waals surface area contributed by atoms with Crippen LogP contribution >= 0.6 is 0 Å². The highest BCUT2D eigenvalue weighted by Gasteiger charge is 2.29. The number of rotatable bonds is 5. The van der Waals surface area contributed by atoms with Crippen molar-refractivity contribution in [3.63, 3.8) is 0 Å². The van der Waals surface area contributed by atoms with E-state index in [0.29, 0.717) is 24.8 Å². The van der Waals surface area contributed by atoms with Crippen LogP contribution in [0.15, 0.2) is 30.6 Å². The zero-order valence-electron chi connectivity index (χ0n) is 12.7. The van der Waals surface area contributed by atoms with E-state index < -0.39 is 5.92 Å². The largest absolute Gasteiger partial charge is 0.494 e. The number of anilines is 2. The molecule has 1 aliphatic rings. The quantitative estimate of drug-likeness (QED) is 0.866. The summed E-state index contributed by atoms with van der Waals surface area (Å²) in [6, 6.07) is 7.10. The number of aromatic nitrogens is 3. The Morgan fingerprint density at radius 1 is 1.43 bits per heavy atom. The third-order valence-electron chi connectivity index (χ3n) is 3.50. The van der Waals surface area contributed by atoms with Crippen molar-refractivity contribution in [1.82, 2.24) is 14.8 Å². The van der Waals surface area contributed by atoms with Crippen LogP contribution in [0.4, 0.5) is 11.6 Å². The van der Waals surface area contributed by atoms with Crippen molar-refractivity contribution in [2.45, 2.75) is 19.9 Å². The number of amides is 2. The van der Waals surface area contributed by atoms with E-state index in [4.69, 9.17) is 4.74 Å².